The molecule has 1 aromatic carbocycles. The normalized spacial score (nSPS) is 21.3. The highest BCUT2D eigenvalue weighted by molar-refractivity contribution is 5.93. The van der Waals surface area contributed by atoms with Crippen LogP contribution in [0.2, 0.25) is 0 Å². The van der Waals surface area contributed by atoms with Crippen molar-refractivity contribution in [3.63, 3.8) is 0 Å². The van der Waals surface area contributed by atoms with E-state index in [9.17, 15) is 29.1 Å². The molecule has 0 radical (unpaired) electrons. The van der Waals surface area contributed by atoms with E-state index >= 15 is 0 Å². The Hall–Kier alpha value is -3.87. The van der Waals surface area contributed by atoms with Gasteiger partial charge in [-0.2, -0.15) is 0 Å². The molecule has 4 N–H and O–H groups in total. The largest absolute Gasteiger partial charge is 0.444 e. The number of likely N-dealkylation sites (tertiary alicyclic amines) is 1. The van der Waals surface area contributed by atoms with Crippen molar-refractivity contribution in [2.75, 3.05) is 13.1 Å². The number of nitrogens with one attached hydrogen (secondary N) is 3. The predicted octanol–water partition coefficient (Wildman–Crippen LogP) is 3.01. The number of nitrogens with zero attached hydrogens (tertiary/aromatic N) is 2. The maximum absolute atomic E-state index is 14.3. The summed E-state index contributed by atoms with van der Waals surface area (Å²) in [6.07, 6.45) is -0.336. The number of carbonyl (C=O) groups is 5. The van der Waals surface area contributed by atoms with Gasteiger partial charge in [-0.3, -0.25) is 14.4 Å². The molecule has 3 aliphatic rings. The molecule has 5 atom stereocenters. The van der Waals surface area contributed by atoms with Crippen molar-refractivity contribution in [1.29, 1.82) is 0 Å². The Morgan fingerprint density at radius 3 is 2.27 bits per heavy atom. The molecule has 1 saturated heterocycles. The summed E-state index contributed by atoms with van der Waals surface area (Å²) in [6.45, 7) is 13.2. The number of aliphatic hydroxyl groups is 1. The van der Waals surface area contributed by atoms with Gasteiger partial charge in [-0.25, -0.2) is 9.59 Å². The Morgan fingerprint density at radius 1 is 1.00 bits per heavy atom. The van der Waals surface area contributed by atoms with Gasteiger partial charge in [0.05, 0.1) is 12.6 Å². The summed E-state index contributed by atoms with van der Waals surface area (Å²) >= 11 is 0. The number of ether oxygens (including phenoxy) is 2. The van der Waals surface area contributed by atoms with Gasteiger partial charge in [0.1, 0.15) is 23.8 Å². The molecule has 2 heterocycles. The maximum Gasteiger partial charge on any atom is 0.410 e. The van der Waals surface area contributed by atoms with Crippen molar-refractivity contribution in [3.8, 4) is 0 Å². The molecule has 0 aromatic heterocycles. The summed E-state index contributed by atoms with van der Waals surface area (Å²) in [4.78, 5) is 70.0. The second-order valence-corrected chi connectivity index (χ2v) is 15.3. The fraction of sp³-hybridized carbons (Fsp3) is 0.686. The van der Waals surface area contributed by atoms with Crippen LogP contribution in [-0.4, -0.2) is 99.9 Å². The SMILES string of the molecule is CCCC(NC(=O)[C@H]1C[C@H](OC(=O)N2CCc3ccccc3C2)CN1C(=O)[C@H](NC(=O)OC(C)(C)C)C(C)(C)C)C(O)C(=O)NC1CC1. The van der Waals surface area contributed by atoms with E-state index in [0.717, 1.165) is 18.4 Å². The van der Waals surface area contributed by atoms with Crippen LogP contribution in [0.3, 0.4) is 0 Å². The lowest BCUT2D eigenvalue weighted by Gasteiger charge is -2.36. The first-order valence-electron chi connectivity index (χ1n) is 17.1. The number of fused-ring (bicyclic) bond motifs is 1. The maximum atomic E-state index is 14.3. The molecule has 13 heteroatoms. The number of hydrogen-bond acceptors (Lipinski definition) is 8. The van der Waals surface area contributed by atoms with E-state index in [1.807, 2.05) is 31.2 Å². The van der Waals surface area contributed by atoms with Crippen LogP contribution in [0, 0.1) is 5.41 Å². The van der Waals surface area contributed by atoms with Crippen molar-refractivity contribution in [2.24, 2.45) is 5.41 Å². The second-order valence-electron chi connectivity index (χ2n) is 15.3. The zero-order valence-corrected chi connectivity index (χ0v) is 29.3. The van der Waals surface area contributed by atoms with E-state index in [0.29, 0.717) is 32.4 Å². The minimum absolute atomic E-state index is 0.000249. The quantitative estimate of drug-likeness (QED) is 0.295. The highest BCUT2D eigenvalue weighted by atomic mass is 16.6. The zero-order chi connectivity index (χ0) is 35.4. The lowest BCUT2D eigenvalue weighted by molar-refractivity contribution is -0.143. The average molecular weight is 672 g/mol. The molecule has 1 aromatic rings. The highest BCUT2D eigenvalue weighted by Crippen LogP contribution is 2.29. The van der Waals surface area contributed by atoms with E-state index in [-0.39, 0.29) is 19.0 Å². The van der Waals surface area contributed by atoms with Crippen molar-refractivity contribution in [1.82, 2.24) is 25.8 Å². The van der Waals surface area contributed by atoms with E-state index in [4.69, 9.17) is 9.47 Å². The molecular weight excluding hydrogens is 618 g/mol. The van der Waals surface area contributed by atoms with Crippen molar-refractivity contribution >= 4 is 29.9 Å². The lowest BCUT2D eigenvalue weighted by Crippen LogP contribution is -2.59. The van der Waals surface area contributed by atoms with Crippen molar-refractivity contribution in [2.45, 2.75) is 136 Å². The average Bonchev–Trinajstić information content (AvgIpc) is 3.72. The van der Waals surface area contributed by atoms with E-state index in [1.165, 1.54) is 10.5 Å². The summed E-state index contributed by atoms with van der Waals surface area (Å²) in [5, 5.41) is 19.2. The first kappa shape index (κ1) is 37.0. The van der Waals surface area contributed by atoms with Crippen LogP contribution in [-0.2, 0) is 36.8 Å². The summed E-state index contributed by atoms with van der Waals surface area (Å²) in [5.74, 6) is -1.69. The molecule has 2 unspecified atom stereocenters. The summed E-state index contributed by atoms with van der Waals surface area (Å²) in [7, 11) is 0. The van der Waals surface area contributed by atoms with Crippen LogP contribution < -0.4 is 16.0 Å². The molecular formula is C35H53N5O8. The van der Waals surface area contributed by atoms with Gasteiger partial charge in [-0.05, 0) is 63.0 Å². The zero-order valence-electron chi connectivity index (χ0n) is 29.3. The Morgan fingerprint density at radius 2 is 1.67 bits per heavy atom. The van der Waals surface area contributed by atoms with Crippen molar-refractivity contribution in [3.05, 3.63) is 35.4 Å². The number of amides is 5. The predicted molar refractivity (Wildman–Crippen MR) is 178 cm³/mol. The van der Waals surface area contributed by atoms with Crippen LogP contribution in [0.1, 0.15) is 91.7 Å². The number of rotatable bonds is 10. The fourth-order valence-electron chi connectivity index (χ4n) is 6.08. The molecule has 1 saturated carbocycles. The smallest absolute Gasteiger partial charge is 0.410 e. The van der Waals surface area contributed by atoms with Gasteiger partial charge in [-0.15, -0.1) is 0 Å². The first-order valence-corrected chi connectivity index (χ1v) is 17.1. The third-order valence-corrected chi connectivity index (χ3v) is 8.78. The molecule has 4 rings (SSSR count). The highest BCUT2D eigenvalue weighted by Gasteiger charge is 2.47. The monoisotopic (exact) mass is 671 g/mol. The van der Waals surface area contributed by atoms with Gasteiger partial charge in [-0.1, -0.05) is 58.4 Å². The molecule has 13 nitrogen and oxygen atoms in total. The topological polar surface area (TPSA) is 167 Å². The molecule has 2 aliphatic heterocycles. The van der Waals surface area contributed by atoms with E-state index in [1.54, 1.807) is 46.4 Å². The van der Waals surface area contributed by atoms with Crippen LogP contribution in [0.15, 0.2) is 24.3 Å². The first-order chi connectivity index (χ1) is 22.5. The van der Waals surface area contributed by atoms with Crippen molar-refractivity contribution < 1.29 is 38.6 Å². The Labute approximate surface area is 283 Å². The molecule has 0 bridgehead atoms. The number of hydrogen-bond donors (Lipinski definition) is 4. The Kier molecular flexibility index (Phi) is 11.6. The van der Waals surface area contributed by atoms with E-state index in [2.05, 4.69) is 16.0 Å². The van der Waals surface area contributed by atoms with Gasteiger partial charge in [0.15, 0.2) is 6.10 Å². The standard InChI is InChI=1S/C35H53N5O8/c1-8-11-25(27(41)30(43)36-23-14-15-23)37-29(42)26-18-24(47-33(46)39-17-16-21-12-9-10-13-22(21)19-39)20-40(26)31(44)28(34(2,3)4)38-32(45)48-35(5,6)7/h9-10,12-13,23-28,41H,8,11,14-20H2,1-7H3,(H,36,43)(H,37,42)(H,38,45)/t24-,25?,26+,27?,28-/m0/s1. The van der Waals surface area contributed by atoms with Gasteiger partial charge < -0.3 is 40.3 Å². The van der Waals surface area contributed by atoms with Gasteiger partial charge in [0.25, 0.3) is 5.91 Å². The van der Waals surface area contributed by atoms with Crippen LogP contribution >= 0.6 is 0 Å². The number of benzene rings is 1. The van der Waals surface area contributed by atoms with Crippen LogP contribution in [0.4, 0.5) is 9.59 Å². The summed E-state index contributed by atoms with van der Waals surface area (Å²) in [6, 6.07) is 4.85. The minimum Gasteiger partial charge on any atom is -0.444 e. The third-order valence-electron chi connectivity index (χ3n) is 8.78. The number of carbonyl (C=O) groups excluding carboxylic acids is 5. The fourth-order valence-corrected chi connectivity index (χ4v) is 6.08. The Balaban J connectivity index is 1.54. The number of alkyl carbamates (subject to hydrolysis) is 1. The molecule has 1 aliphatic carbocycles. The van der Waals surface area contributed by atoms with Crippen LogP contribution in [0.25, 0.3) is 0 Å². The molecule has 2 fully saturated rings. The summed E-state index contributed by atoms with van der Waals surface area (Å²) < 4.78 is 11.4. The molecule has 0 spiro atoms. The van der Waals surface area contributed by atoms with E-state index < -0.39 is 71.3 Å². The minimum atomic E-state index is -1.48. The van der Waals surface area contributed by atoms with Gasteiger partial charge in [0, 0.05) is 25.6 Å². The third kappa shape index (κ3) is 9.83. The molecule has 5 amide bonds. The lowest BCUT2D eigenvalue weighted by atomic mass is 9.85. The second kappa shape index (κ2) is 15.1. The Bertz CT molecular complexity index is 1350. The summed E-state index contributed by atoms with van der Waals surface area (Å²) in [5.41, 5.74) is 0.623. The number of aliphatic hydroxyl groups excluding tert-OH is 1. The van der Waals surface area contributed by atoms with Gasteiger partial charge in [0.2, 0.25) is 11.8 Å². The molecule has 266 valence electrons. The molecule has 48 heavy (non-hydrogen) atoms. The van der Waals surface area contributed by atoms with Gasteiger partial charge >= 0.3 is 12.2 Å². The van der Waals surface area contributed by atoms with Crippen LogP contribution in [0.5, 0.6) is 0 Å².